The van der Waals surface area contributed by atoms with Crippen LogP contribution < -0.4 is 5.32 Å². The van der Waals surface area contributed by atoms with Crippen molar-refractivity contribution in [1.29, 1.82) is 0 Å². The number of nitrogens with one attached hydrogen (secondary N) is 1. The first kappa shape index (κ1) is 9.83. The highest BCUT2D eigenvalue weighted by Crippen LogP contribution is 2.31. The predicted octanol–water partition coefficient (Wildman–Crippen LogP) is 0.294. The van der Waals surface area contributed by atoms with Crippen molar-refractivity contribution in [2.24, 2.45) is 5.92 Å². The van der Waals surface area contributed by atoms with Crippen LogP contribution in [0, 0.1) is 5.92 Å². The maximum absolute atomic E-state index is 11.1. The molecule has 1 aliphatic rings. The summed E-state index contributed by atoms with van der Waals surface area (Å²) in [5.41, 5.74) is 0. The van der Waals surface area contributed by atoms with Crippen LogP contribution in [0.3, 0.4) is 0 Å². The SMILES string of the molecule is CCOC(=O)[C@H]1C[C@@H]1NC(=O)OC. The van der Waals surface area contributed by atoms with Crippen molar-refractivity contribution in [1.82, 2.24) is 5.32 Å². The molecule has 0 spiro atoms. The Morgan fingerprint density at radius 1 is 1.54 bits per heavy atom. The number of carbonyl (C=O) groups is 2. The Kier molecular flexibility index (Phi) is 3.11. The molecule has 1 saturated carbocycles. The molecule has 5 nitrogen and oxygen atoms in total. The molecule has 0 bridgehead atoms. The highest BCUT2D eigenvalue weighted by atomic mass is 16.5. The quantitative estimate of drug-likeness (QED) is 0.645. The van der Waals surface area contributed by atoms with Gasteiger partial charge in [0.05, 0.1) is 19.6 Å². The lowest BCUT2D eigenvalue weighted by atomic mass is 10.4. The van der Waals surface area contributed by atoms with Crippen molar-refractivity contribution in [2.75, 3.05) is 13.7 Å². The minimum absolute atomic E-state index is 0.105. The van der Waals surface area contributed by atoms with Crippen LogP contribution in [0.5, 0.6) is 0 Å². The van der Waals surface area contributed by atoms with Crippen LogP contribution in [-0.2, 0) is 14.3 Å². The van der Waals surface area contributed by atoms with E-state index in [0.717, 1.165) is 0 Å². The first-order valence-electron chi connectivity index (χ1n) is 4.20. The van der Waals surface area contributed by atoms with Crippen molar-refractivity contribution >= 4 is 12.1 Å². The highest BCUT2D eigenvalue weighted by molar-refractivity contribution is 5.78. The summed E-state index contributed by atoms with van der Waals surface area (Å²) in [7, 11) is 1.29. The normalized spacial score (nSPS) is 24.8. The van der Waals surface area contributed by atoms with Gasteiger partial charge >= 0.3 is 12.1 Å². The number of amides is 1. The molecular formula is C8H13NO4. The Balaban J connectivity index is 2.22. The predicted molar refractivity (Wildman–Crippen MR) is 44.1 cm³/mol. The summed E-state index contributed by atoms with van der Waals surface area (Å²) >= 11 is 0. The standard InChI is InChI=1S/C8H13NO4/c1-3-13-7(10)5-4-6(5)9-8(11)12-2/h5-6H,3-4H2,1-2H3,(H,9,11)/t5-,6-/m0/s1. The van der Waals surface area contributed by atoms with Crippen LogP contribution in [0.15, 0.2) is 0 Å². The second kappa shape index (κ2) is 4.11. The van der Waals surface area contributed by atoms with E-state index >= 15 is 0 Å². The van der Waals surface area contributed by atoms with Crippen LogP contribution in [-0.4, -0.2) is 31.8 Å². The Bertz CT molecular complexity index is 216. The summed E-state index contributed by atoms with van der Waals surface area (Å²) in [6.45, 7) is 2.13. The third-order valence-electron chi connectivity index (χ3n) is 1.87. The van der Waals surface area contributed by atoms with E-state index in [1.165, 1.54) is 7.11 Å². The molecule has 74 valence electrons. The monoisotopic (exact) mass is 187 g/mol. The first-order valence-corrected chi connectivity index (χ1v) is 4.20. The van der Waals surface area contributed by atoms with Gasteiger partial charge in [-0.05, 0) is 13.3 Å². The van der Waals surface area contributed by atoms with Gasteiger partial charge in [-0.1, -0.05) is 0 Å². The van der Waals surface area contributed by atoms with Crippen LogP contribution in [0.2, 0.25) is 0 Å². The minimum Gasteiger partial charge on any atom is -0.466 e. The van der Waals surface area contributed by atoms with Crippen molar-refractivity contribution in [3.05, 3.63) is 0 Å². The van der Waals surface area contributed by atoms with Crippen LogP contribution in [0.25, 0.3) is 0 Å². The molecule has 1 aliphatic carbocycles. The molecule has 2 atom stereocenters. The lowest BCUT2D eigenvalue weighted by Gasteiger charge is -2.02. The molecule has 0 radical (unpaired) electrons. The van der Waals surface area contributed by atoms with E-state index in [0.29, 0.717) is 13.0 Å². The molecule has 0 aromatic heterocycles. The van der Waals surface area contributed by atoms with E-state index in [4.69, 9.17) is 4.74 Å². The van der Waals surface area contributed by atoms with Crippen molar-refractivity contribution < 1.29 is 19.1 Å². The van der Waals surface area contributed by atoms with Gasteiger partial charge in [0.2, 0.25) is 0 Å². The second-order valence-corrected chi connectivity index (χ2v) is 2.84. The summed E-state index contributed by atoms with van der Waals surface area (Å²) < 4.78 is 9.17. The maximum Gasteiger partial charge on any atom is 0.407 e. The van der Waals surface area contributed by atoms with Crippen molar-refractivity contribution in [2.45, 2.75) is 19.4 Å². The summed E-state index contributed by atoms with van der Waals surface area (Å²) in [5, 5.41) is 2.53. The summed E-state index contributed by atoms with van der Waals surface area (Å²) in [6, 6.07) is -0.105. The van der Waals surface area contributed by atoms with E-state index in [2.05, 4.69) is 10.1 Å². The van der Waals surface area contributed by atoms with Gasteiger partial charge in [0.25, 0.3) is 0 Å². The zero-order valence-electron chi connectivity index (χ0n) is 7.70. The number of methoxy groups -OCH3 is 1. The fourth-order valence-electron chi connectivity index (χ4n) is 1.07. The molecule has 0 aromatic carbocycles. The minimum atomic E-state index is -0.503. The van der Waals surface area contributed by atoms with E-state index in [1.54, 1.807) is 6.92 Å². The van der Waals surface area contributed by atoms with Crippen LogP contribution in [0.1, 0.15) is 13.3 Å². The van der Waals surface area contributed by atoms with Gasteiger partial charge in [0, 0.05) is 6.04 Å². The number of rotatable bonds is 3. The largest absolute Gasteiger partial charge is 0.466 e. The number of alkyl carbamates (subject to hydrolysis) is 1. The van der Waals surface area contributed by atoms with Crippen molar-refractivity contribution in [3.8, 4) is 0 Å². The molecule has 13 heavy (non-hydrogen) atoms. The Morgan fingerprint density at radius 2 is 2.23 bits per heavy atom. The third kappa shape index (κ3) is 2.61. The van der Waals surface area contributed by atoms with Gasteiger partial charge in [-0.2, -0.15) is 0 Å². The molecule has 1 N–H and O–H groups in total. The molecule has 0 saturated heterocycles. The molecule has 0 aliphatic heterocycles. The fraction of sp³-hybridized carbons (Fsp3) is 0.750. The zero-order chi connectivity index (χ0) is 9.84. The number of ether oxygens (including phenoxy) is 2. The van der Waals surface area contributed by atoms with E-state index < -0.39 is 6.09 Å². The van der Waals surface area contributed by atoms with Gasteiger partial charge in [-0.15, -0.1) is 0 Å². The lowest BCUT2D eigenvalue weighted by Crippen LogP contribution is -2.28. The van der Waals surface area contributed by atoms with Gasteiger partial charge in [0.15, 0.2) is 0 Å². The average Bonchev–Trinajstić information content (AvgIpc) is 2.84. The van der Waals surface area contributed by atoms with E-state index in [1.807, 2.05) is 0 Å². The summed E-state index contributed by atoms with van der Waals surface area (Å²) in [5.74, 6) is -0.428. The number of carbonyl (C=O) groups excluding carboxylic acids is 2. The lowest BCUT2D eigenvalue weighted by molar-refractivity contribution is -0.144. The fourth-order valence-corrected chi connectivity index (χ4v) is 1.07. The molecule has 0 heterocycles. The Morgan fingerprint density at radius 3 is 2.77 bits per heavy atom. The van der Waals surface area contributed by atoms with E-state index in [9.17, 15) is 9.59 Å². The third-order valence-corrected chi connectivity index (χ3v) is 1.87. The second-order valence-electron chi connectivity index (χ2n) is 2.84. The number of esters is 1. The molecule has 0 unspecified atom stereocenters. The van der Waals surface area contributed by atoms with Gasteiger partial charge in [0.1, 0.15) is 0 Å². The number of hydrogen-bond donors (Lipinski definition) is 1. The zero-order valence-corrected chi connectivity index (χ0v) is 7.70. The molecular weight excluding hydrogens is 174 g/mol. The van der Waals surface area contributed by atoms with Crippen LogP contribution in [0.4, 0.5) is 4.79 Å². The van der Waals surface area contributed by atoms with Crippen molar-refractivity contribution in [3.63, 3.8) is 0 Å². The Hall–Kier alpha value is -1.26. The summed E-state index contributed by atoms with van der Waals surface area (Å²) in [6.07, 6.45) is 0.144. The molecule has 1 rings (SSSR count). The van der Waals surface area contributed by atoms with Gasteiger partial charge in [-0.3, -0.25) is 4.79 Å². The van der Waals surface area contributed by atoms with Gasteiger partial charge < -0.3 is 14.8 Å². The van der Waals surface area contributed by atoms with E-state index in [-0.39, 0.29) is 17.9 Å². The van der Waals surface area contributed by atoms with Crippen LogP contribution >= 0.6 is 0 Å². The highest BCUT2D eigenvalue weighted by Gasteiger charge is 2.45. The Labute approximate surface area is 76.4 Å². The molecule has 0 aromatic rings. The average molecular weight is 187 g/mol. The molecule has 1 fully saturated rings. The summed E-state index contributed by atoms with van der Waals surface area (Å²) in [4.78, 5) is 21.8. The number of hydrogen-bond acceptors (Lipinski definition) is 4. The maximum atomic E-state index is 11.1. The van der Waals surface area contributed by atoms with Gasteiger partial charge in [-0.25, -0.2) is 4.79 Å². The smallest absolute Gasteiger partial charge is 0.407 e. The first-order chi connectivity index (χ1) is 6.19. The topological polar surface area (TPSA) is 64.6 Å². The molecule has 1 amide bonds. The molecule has 5 heteroatoms.